The molecule has 0 amide bonds. The van der Waals surface area contributed by atoms with E-state index < -0.39 is 0 Å². The third-order valence-electron chi connectivity index (χ3n) is 3.31. The average Bonchev–Trinajstić information content (AvgIpc) is 3.04. The van der Waals surface area contributed by atoms with Crippen LogP contribution in [-0.4, -0.2) is 16.9 Å². The van der Waals surface area contributed by atoms with Crippen LogP contribution in [0.3, 0.4) is 0 Å². The van der Waals surface area contributed by atoms with E-state index in [4.69, 9.17) is 10.5 Å². The number of aryl methyl sites for hydroxylation is 1. The summed E-state index contributed by atoms with van der Waals surface area (Å²) in [6.07, 6.45) is 0. The number of hydrogen-bond acceptors (Lipinski definition) is 4. The molecular formula is C15H14BrN3OS. The lowest BCUT2D eigenvalue weighted by Gasteiger charge is -2.05. The molecule has 0 aliphatic carbocycles. The number of halogens is 1. The maximum absolute atomic E-state index is 6.21. The van der Waals surface area contributed by atoms with Crippen molar-refractivity contribution >= 4 is 33.1 Å². The van der Waals surface area contributed by atoms with Crippen LogP contribution in [0.25, 0.3) is 22.4 Å². The zero-order valence-corrected chi connectivity index (χ0v) is 14.0. The first-order valence-electron chi connectivity index (χ1n) is 6.31. The molecule has 1 aromatic carbocycles. The summed E-state index contributed by atoms with van der Waals surface area (Å²) in [6, 6.07) is 9.90. The van der Waals surface area contributed by atoms with Crippen molar-refractivity contribution in [2.45, 2.75) is 0 Å². The number of thiophene rings is 1. The SMILES string of the molecule is COc1ccc(-c2c(-c3csc(Br)c3)nn(C)c2N)cc1. The zero-order valence-electron chi connectivity index (χ0n) is 11.6. The van der Waals surface area contributed by atoms with E-state index in [0.29, 0.717) is 5.82 Å². The smallest absolute Gasteiger partial charge is 0.129 e. The predicted octanol–water partition coefficient (Wildman–Crippen LogP) is 4.17. The molecule has 0 atom stereocenters. The number of nitrogen functional groups attached to an aromatic ring is 1. The molecule has 2 aromatic heterocycles. The number of hydrogen-bond donors (Lipinski definition) is 1. The van der Waals surface area contributed by atoms with Crippen molar-refractivity contribution in [3.63, 3.8) is 0 Å². The van der Waals surface area contributed by atoms with E-state index in [1.165, 1.54) is 0 Å². The molecule has 0 radical (unpaired) electrons. The van der Waals surface area contributed by atoms with Gasteiger partial charge in [-0.3, -0.25) is 4.68 Å². The van der Waals surface area contributed by atoms with E-state index in [0.717, 1.165) is 31.9 Å². The molecule has 0 unspecified atom stereocenters. The number of ether oxygens (including phenoxy) is 1. The molecule has 0 saturated heterocycles. The summed E-state index contributed by atoms with van der Waals surface area (Å²) in [5.74, 6) is 1.47. The Hall–Kier alpha value is -1.79. The van der Waals surface area contributed by atoms with Gasteiger partial charge in [0.15, 0.2) is 0 Å². The Morgan fingerprint density at radius 3 is 2.52 bits per heavy atom. The monoisotopic (exact) mass is 363 g/mol. The summed E-state index contributed by atoms with van der Waals surface area (Å²) in [5.41, 5.74) is 10.1. The lowest BCUT2D eigenvalue weighted by atomic mass is 10.0. The van der Waals surface area contributed by atoms with Gasteiger partial charge in [-0.05, 0) is 39.7 Å². The first-order chi connectivity index (χ1) is 10.1. The predicted molar refractivity (Wildman–Crippen MR) is 90.6 cm³/mol. The number of nitrogens with two attached hydrogens (primary N) is 1. The van der Waals surface area contributed by atoms with E-state index >= 15 is 0 Å². The van der Waals surface area contributed by atoms with E-state index in [1.54, 1.807) is 23.1 Å². The normalized spacial score (nSPS) is 10.8. The lowest BCUT2D eigenvalue weighted by Crippen LogP contribution is -1.98. The van der Waals surface area contributed by atoms with Crippen molar-refractivity contribution in [2.75, 3.05) is 12.8 Å². The molecule has 2 N–H and O–H groups in total. The van der Waals surface area contributed by atoms with Crippen LogP contribution in [0.2, 0.25) is 0 Å². The summed E-state index contributed by atoms with van der Waals surface area (Å²) in [7, 11) is 3.51. The Morgan fingerprint density at radius 2 is 1.95 bits per heavy atom. The van der Waals surface area contributed by atoms with Crippen LogP contribution < -0.4 is 10.5 Å². The van der Waals surface area contributed by atoms with Gasteiger partial charge in [-0.25, -0.2) is 0 Å². The molecule has 0 saturated carbocycles. The van der Waals surface area contributed by atoms with Gasteiger partial charge >= 0.3 is 0 Å². The topological polar surface area (TPSA) is 53.1 Å². The molecule has 4 nitrogen and oxygen atoms in total. The summed E-state index contributed by atoms with van der Waals surface area (Å²) in [4.78, 5) is 0. The van der Waals surface area contributed by atoms with Gasteiger partial charge in [-0.1, -0.05) is 12.1 Å². The zero-order chi connectivity index (χ0) is 15.0. The van der Waals surface area contributed by atoms with Crippen molar-refractivity contribution in [3.8, 4) is 28.1 Å². The number of rotatable bonds is 3. The van der Waals surface area contributed by atoms with Gasteiger partial charge < -0.3 is 10.5 Å². The molecule has 3 aromatic rings. The van der Waals surface area contributed by atoms with Crippen molar-refractivity contribution in [2.24, 2.45) is 7.05 Å². The van der Waals surface area contributed by atoms with Gasteiger partial charge in [0, 0.05) is 18.0 Å². The van der Waals surface area contributed by atoms with Crippen LogP contribution >= 0.6 is 27.3 Å². The number of anilines is 1. The summed E-state index contributed by atoms with van der Waals surface area (Å²) in [6.45, 7) is 0. The van der Waals surface area contributed by atoms with Gasteiger partial charge in [0.2, 0.25) is 0 Å². The molecule has 0 fully saturated rings. The standard InChI is InChI=1S/C15H14BrN3OS/c1-19-15(17)13(9-3-5-11(20-2)6-4-9)14(18-19)10-7-12(16)21-8-10/h3-8H,17H2,1-2H3. The van der Waals surface area contributed by atoms with Gasteiger partial charge in [-0.2, -0.15) is 5.10 Å². The van der Waals surface area contributed by atoms with Crippen LogP contribution in [0.1, 0.15) is 0 Å². The molecule has 108 valence electrons. The Labute approximate surface area is 135 Å². The molecule has 0 aliphatic rings. The second kappa shape index (κ2) is 5.54. The summed E-state index contributed by atoms with van der Waals surface area (Å²) >= 11 is 5.12. The Bertz CT molecular complexity index is 777. The first-order valence-corrected chi connectivity index (χ1v) is 7.98. The van der Waals surface area contributed by atoms with Gasteiger partial charge in [0.05, 0.1) is 16.5 Å². The minimum absolute atomic E-state index is 0.650. The highest BCUT2D eigenvalue weighted by molar-refractivity contribution is 9.11. The van der Waals surface area contributed by atoms with Crippen molar-refractivity contribution < 1.29 is 4.74 Å². The van der Waals surface area contributed by atoms with Crippen LogP contribution in [0.5, 0.6) is 5.75 Å². The third kappa shape index (κ3) is 2.56. The molecule has 21 heavy (non-hydrogen) atoms. The first kappa shape index (κ1) is 14.2. The summed E-state index contributed by atoms with van der Waals surface area (Å²) < 4.78 is 7.98. The highest BCUT2D eigenvalue weighted by Gasteiger charge is 2.18. The highest BCUT2D eigenvalue weighted by Crippen LogP contribution is 2.38. The fraction of sp³-hybridized carbons (Fsp3) is 0.133. The van der Waals surface area contributed by atoms with Crippen LogP contribution in [0.15, 0.2) is 39.5 Å². The second-order valence-corrected chi connectivity index (χ2v) is 6.89. The Kier molecular flexibility index (Phi) is 3.73. The van der Waals surface area contributed by atoms with Crippen LogP contribution in [-0.2, 0) is 7.05 Å². The number of benzene rings is 1. The van der Waals surface area contributed by atoms with E-state index in [9.17, 15) is 0 Å². The molecule has 0 spiro atoms. The molecule has 6 heteroatoms. The summed E-state index contributed by atoms with van der Waals surface area (Å²) in [5, 5.41) is 6.63. The van der Waals surface area contributed by atoms with E-state index in [2.05, 4.69) is 32.5 Å². The quantitative estimate of drug-likeness (QED) is 0.759. The van der Waals surface area contributed by atoms with Crippen molar-refractivity contribution in [3.05, 3.63) is 39.5 Å². The fourth-order valence-electron chi connectivity index (χ4n) is 2.22. The Morgan fingerprint density at radius 1 is 1.24 bits per heavy atom. The largest absolute Gasteiger partial charge is 0.497 e. The third-order valence-corrected chi connectivity index (χ3v) is 4.82. The molecule has 0 aliphatic heterocycles. The van der Waals surface area contributed by atoms with Gasteiger partial charge in [0.1, 0.15) is 17.3 Å². The highest BCUT2D eigenvalue weighted by atomic mass is 79.9. The van der Waals surface area contributed by atoms with Gasteiger partial charge in [-0.15, -0.1) is 11.3 Å². The average molecular weight is 364 g/mol. The van der Waals surface area contributed by atoms with Crippen LogP contribution in [0, 0.1) is 0 Å². The number of methoxy groups -OCH3 is 1. The van der Waals surface area contributed by atoms with E-state index in [-0.39, 0.29) is 0 Å². The van der Waals surface area contributed by atoms with E-state index in [1.807, 2.05) is 31.3 Å². The Balaban J connectivity index is 2.16. The molecular weight excluding hydrogens is 350 g/mol. The number of aromatic nitrogens is 2. The van der Waals surface area contributed by atoms with Crippen molar-refractivity contribution in [1.29, 1.82) is 0 Å². The van der Waals surface area contributed by atoms with Crippen LogP contribution in [0.4, 0.5) is 5.82 Å². The minimum Gasteiger partial charge on any atom is -0.497 e. The van der Waals surface area contributed by atoms with Crippen molar-refractivity contribution in [1.82, 2.24) is 9.78 Å². The second-order valence-electron chi connectivity index (χ2n) is 4.60. The molecule has 3 rings (SSSR count). The fourth-order valence-corrected chi connectivity index (χ4v) is 3.36. The maximum Gasteiger partial charge on any atom is 0.129 e. The lowest BCUT2D eigenvalue weighted by molar-refractivity contribution is 0.415. The van der Waals surface area contributed by atoms with Gasteiger partial charge in [0.25, 0.3) is 0 Å². The molecule has 2 heterocycles. The number of nitrogens with zero attached hydrogens (tertiary/aromatic N) is 2. The maximum atomic E-state index is 6.21. The molecule has 0 bridgehead atoms. The minimum atomic E-state index is 0.650.